The number of aliphatic hydroxyl groups excluding tert-OH is 1. The Kier molecular flexibility index (Phi) is 5.32. The van der Waals surface area contributed by atoms with E-state index in [9.17, 15) is 24.6 Å². The van der Waals surface area contributed by atoms with Gasteiger partial charge in [-0.1, -0.05) is 27.4 Å². The van der Waals surface area contributed by atoms with Crippen molar-refractivity contribution >= 4 is 17.9 Å². The van der Waals surface area contributed by atoms with E-state index in [1.54, 1.807) is 20.8 Å². The van der Waals surface area contributed by atoms with Gasteiger partial charge in [-0.25, -0.2) is 4.79 Å². The lowest BCUT2D eigenvalue weighted by Gasteiger charge is -2.60. The summed E-state index contributed by atoms with van der Waals surface area (Å²) in [5, 5.41) is 22.4. The van der Waals surface area contributed by atoms with Gasteiger partial charge in [0.25, 0.3) is 0 Å². The Bertz CT molecular complexity index is 741. The molecule has 3 rings (SSSR count). The second-order valence-corrected chi connectivity index (χ2v) is 9.31. The highest BCUT2D eigenvalue weighted by Gasteiger charge is 2.69. The van der Waals surface area contributed by atoms with Crippen molar-refractivity contribution < 1.29 is 38.8 Å². The summed E-state index contributed by atoms with van der Waals surface area (Å²) in [6.45, 7) is 11.8. The third kappa shape index (κ3) is 3.36. The van der Waals surface area contributed by atoms with E-state index in [1.165, 1.54) is 13.8 Å². The van der Waals surface area contributed by atoms with E-state index in [0.717, 1.165) is 0 Å². The van der Waals surface area contributed by atoms with Gasteiger partial charge in [0, 0.05) is 30.3 Å². The van der Waals surface area contributed by atoms with Crippen LogP contribution in [0.4, 0.5) is 0 Å². The lowest BCUT2D eigenvalue weighted by atomic mass is 9.49. The molecule has 8 nitrogen and oxygen atoms in total. The van der Waals surface area contributed by atoms with Crippen molar-refractivity contribution in [1.82, 2.24) is 0 Å². The largest absolute Gasteiger partial charge is 0.461 e. The Morgan fingerprint density at radius 3 is 2.45 bits per heavy atom. The molecule has 0 spiro atoms. The number of esters is 3. The van der Waals surface area contributed by atoms with E-state index in [1.807, 2.05) is 0 Å². The smallest absolute Gasteiger partial charge is 0.334 e. The molecule has 0 aromatic heterocycles. The molecule has 3 fully saturated rings. The molecule has 0 aromatic rings. The summed E-state index contributed by atoms with van der Waals surface area (Å²) in [5.41, 5.74) is -2.33. The molecule has 0 aromatic carbocycles. The first kappa shape index (κ1) is 21.8. The molecule has 0 radical (unpaired) electrons. The maximum atomic E-state index is 12.3. The number of hydrogen-bond acceptors (Lipinski definition) is 8. The van der Waals surface area contributed by atoms with Crippen LogP contribution in [0.1, 0.15) is 47.5 Å². The molecule has 1 aliphatic heterocycles. The number of carbonyl (C=O) groups excluding carboxylic acids is 3. The van der Waals surface area contributed by atoms with Crippen molar-refractivity contribution in [3.05, 3.63) is 12.2 Å². The van der Waals surface area contributed by atoms with Crippen LogP contribution in [0.3, 0.4) is 0 Å². The van der Waals surface area contributed by atoms with Crippen molar-refractivity contribution in [3.8, 4) is 0 Å². The molecular weight excluding hydrogens is 380 g/mol. The van der Waals surface area contributed by atoms with Gasteiger partial charge in [0.2, 0.25) is 0 Å². The van der Waals surface area contributed by atoms with E-state index >= 15 is 0 Å². The zero-order valence-corrected chi connectivity index (χ0v) is 17.5. The minimum atomic E-state index is -1.57. The average molecular weight is 410 g/mol. The lowest BCUT2D eigenvalue weighted by molar-refractivity contribution is -0.267. The van der Waals surface area contributed by atoms with Crippen molar-refractivity contribution in [2.24, 2.45) is 23.2 Å². The first-order valence-electron chi connectivity index (χ1n) is 9.98. The lowest BCUT2D eigenvalue weighted by Crippen LogP contribution is -2.70. The van der Waals surface area contributed by atoms with Gasteiger partial charge in [0.15, 0.2) is 0 Å². The summed E-state index contributed by atoms with van der Waals surface area (Å²) in [6, 6.07) is 0. The summed E-state index contributed by atoms with van der Waals surface area (Å²) in [5.74, 6) is -3.36. The number of aliphatic hydroxyl groups is 2. The maximum absolute atomic E-state index is 12.3. The number of hydrogen-bond donors (Lipinski definition) is 2. The maximum Gasteiger partial charge on any atom is 0.334 e. The van der Waals surface area contributed by atoms with Gasteiger partial charge in [0.1, 0.15) is 23.9 Å². The highest BCUT2D eigenvalue weighted by molar-refractivity contribution is 5.91. The van der Waals surface area contributed by atoms with Crippen LogP contribution < -0.4 is 0 Å². The zero-order valence-electron chi connectivity index (χ0n) is 17.5. The molecule has 3 aliphatic rings. The predicted octanol–water partition coefficient (Wildman–Crippen LogP) is 1.13. The van der Waals surface area contributed by atoms with E-state index in [-0.39, 0.29) is 24.3 Å². The fourth-order valence-corrected chi connectivity index (χ4v) is 5.40. The van der Waals surface area contributed by atoms with Crippen LogP contribution in [-0.4, -0.2) is 58.1 Å². The Hall–Kier alpha value is -1.93. The van der Waals surface area contributed by atoms with Crippen LogP contribution >= 0.6 is 0 Å². The van der Waals surface area contributed by atoms with Crippen LogP contribution in [0.5, 0.6) is 0 Å². The molecule has 1 saturated heterocycles. The van der Waals surface area contributed by atoms with Gasteiger partial charge < -0.3 is 24.4 Å². The third-order valence-electron chi connectivity index (χ3n) is 6.87. The Morgan fingerprint density at radius 1 is 1.28 bits per heavy atom. The molecule has 2 saturated carbocycles. The third-order valence-corrected chi connectivity index (χ3v) is 6.87. The molecule has 8 atom stereocenters. The normalized spacial score (nSPS) is 44.0. The van der Waals surface area contributed by atoms with Crippen LogP contribution in [0.15, 0.2) is 12.2 Å². The quantitative estimate of drug-likeness (QED) is 0.404. The fourth-order valence-electron chi connectivity index (χ4n) is 5.40. The number of rotatable bonds is 3. The topological polar surface area (TPSA) is 119 Å². The van der Waals surface area contributed by atoms with Crippen LogP contribution in [0.25, 0.3) is 0 Å². The standard InChI is InChI=1S/C21H30O8/c1-9(2)18(24)28-12-8-20(5)13(23)7-14(27-11(4)22)21(6,26)17(20)16-15(12)10(3)19(25)29-16/h9,12-17,23,26H,3,7-8H2,1-2,4-6H3. The summed E-state index contributed by atoms with van der Waals surface area (Å²) in [6.07, 6.45) is -3.26. The van der Waals surface area contributed by atoms with Crippen molar-refractivity contribution in [1.29, 1.82) is 0 Å². The van der Waals surface area contributed by atoms with Crippen molar-refractivity contribution in [2.45, 2.75) is 77.5 Å². The summed E-state index contributed by atoms with van der Waals surface area (Å²) in [7, 11) is 0. The number of fused-ring (bicyclic) bond motifs is 3. The Labute approximate surface area is 170 Å². The molecule has 1 heterocycles. The first-order valence-corrected chi connectivity index (χ1v) is 9.98. The van der Waals surface area contributed by atoms with Crippen LogP contribution in [-0.2, 0) is 28.6 Å². The highest BCUT2D eigenvalue weighted by atomic mass is 16.6. The Morgan fingerprint density at radius 2 is 1.90 bits per heavy atom. The van der Waals surface area contributed by atoms with Crippen LogP contribution in [0.2, 0.25) is 0 Å². The van der Waals surface area contributed by atoms with Gasteiger partial charge >= 0.3 is 17.9 Å². The number of carbonyl (C=O) groups is 3. The van der Waals surface area contributed by atoms with E-state index in [0.29, 0.717) is 0 Å². The molecule has 8 heteroatoms. The second kappa shape index (κ2) is 7.09. The second-order valence-electron chi connectivity index (χ2n) is 9.31. The Balaban J connectivity index is 2.04. The molecule has 8 unspecified atom stereocenters. The van der Waals surface area contributed by atoms with Crippen molar-refractivity contribution in [3.63, 3.8) is 0 Å². The van der Waals surface area contributed by atoms with Crippen molar-refractivity contribution in [2.75, 3.05) is 0 Å². The van der Waals surface area contributed by atoms with Gasteiger partial charge in [-0.05, 0) is 13.3 Å². The molecular formula is C21H30O8. The summed E-state index contributed by atoms with van der Waals surface area (Å²) >= 11 is 0. The molecule has 2 N–H and O–H groups in total. The van der Waals surface area contributed by atoms with Gasteiger partial charge in [-0.2, -0.15) is 0 Å². The highest BCUT2D eigenvalue weighted by Crippen LogP contribution is 2.60. The van der Waals surface area contributed by atoms with Gasteiger partial charge in [-0.15, -0.1) is 0 Å². The van der Waals surface area contributed by atoms with Gasteiger partial charge in [0.05, 0.1) is 17.9 Å². The monoisotopic (exact) mass is 410 g/mol. The summed E-state index contributed by atoms with van der Waals surface area (Å²) < 4.78 is 16.6. The minimum Gasteiger partial charge on any atom is -0.461 e. The predicted molar refractivity (Wildman–Crippen MR) is 100 cm³/mol. The van der Waals surface area contributed by atoms with Crippen LogP contribution in [0, 0.1) is 23.2 Å². The SMILES string of the molecule is C=C1C(=O)OC2C1C(OC(=O)C(C)C)CC1(C)C(O)CC(OC(C)=O)C(C)(O)C21. The average Bonchev–Trinajstić information content (AvgIpc) is 2.86. The number of ether oxygens (including phenoxy) is 3. The zero-order chi connectivity index (χ0) is 21.9. The van der Waals surface area contributed by atoms with E-state index in [4.69, 9.17) is 14.2 Å². The van der Waals surface area contributed by atoms with E-state index in [2.05, 4.69) is 6.58 Å². The molecule has 0 amide bonds. The molecule has 162 valence electrons. The minimum absolute atomic E-state index is 0.0245. The molecule has 0 bridgehead atoms. The molecule has 2 aliphatic carbocycles. The first-order chi connectivity index (χ1) is 13.3. The fraction of sp³-hybridized carbons (Fsp3) is 0.762. The summed E-state index contributed by atoms with van der Waals surface area (Å²) in [4.78, 5) is 36.2. The van der Waals surface area contributed by atoms with Gasteiger partial charge in [-0.3, -0.25) is 9.59 Å². The van der Waals surface area contributed by atoms with E-state index < -0.39 is 65.2 Å². The molecule has 29 heavy (non-hydrogen) atoms.